The molecular formula is C21H23FN4O. The largest absolute Gasteiger partial charge is 0.325 e. The van der Waals surface area contributed by atoms with Gasteiger partial charge in [-0.2, -0.15) is 5.10 Å². The number of hydrogen-bond acceptors (Lipinski definition) is 3. The number of aryl methyl sites for hydroxylation is 1. The molecular weight excluding hydrogens is 343 g/mol. The average Bonchev–Trinajstić information content (AvgIpc) is 2.90. The molecule has 3 aromatic rings. The molecule has 0 saturated heterocycles. The molecule has 6 heteroatoms. The van der Waals surface area contributed by atoms with Crippen molar-refractivity contribution in [3.8, 4) is 5.69 Å². The molecule has 0 unspecified atom stereocenters. The Balaban J connectivity index is 1.66. The molecule has 1 amide bonds. The van der Waals surface area contributed by atoms with Gasteiger partial charge in [0.05, 0.1) is 17.9 Å². The maximum atomic E-state index is 13.2. The Morgan fingerprint density at radius 2 is 1.89 bits per heavy atom. The number of para-hydroxylation sites is 1. The van der Waals surface area contributed by atoms with Crippen molar-refractivity contribution in [1.29, 1.82) is 0 Å². The predicted octanol–water partition coefficient (Wildman–Crippen LogP) is 3.70. The molecule has 1 aromatic heterocycles. The van der Waals surface area contributed by atoms with Gasteiger partial charge in [0.25, 0.3) is 0 Å². The number of amides is 1. The summed E-state index contributed by atoms with van der Waals surface area (Å²) in [7, 11) is 1.88. The van der Waals surface area contributed by atoms with E-state index in [2.05, 4.69) is 10.4 Å². The average molecular weight is 366 g/mol. The van der Waals surface area contributed by atoms with Gasteiger partial charge in [-0.25, -0.2) is 9.07 Å². The van der Waals surface area contributed by atoms with Crippen LogP contribution < -0.4 is 5.32 Å². The summed E-state index contributed by atoms with van der Waals surface area (Å²) in [5.74, 6) is -0.561. The zero-order chi connectivity index (χ0) is 19.4. The highest BCUT2D eigenvalue weighted by Crippen LogP contribution is 2.19. The first kappa shape index (κ1) is 18.8. The standard InChI is InChI=1S/C21H23FN4O/c1-15-20(16(2)26(24-15)19-10-5-4-6-11-19)13-25(3)14-21(27)23-18-9-7-8-17(22)12-18/h4-12H,13-14H2,1-3H3,(H,23,27). The first-order chi connectivity index (χ1) is 12.9. The van der Waals surface area contributed by atoms with Crippen LogP contribution in [0, 0.1) is 19.7 Å². The lowest BCUT2D eigenvalue weighted by atomic mass is 10.2. The molecule has 5 nitrogen and oxygen atoms in total. The second-order valence-corrected chi connectivity index (χ2v) is 6.63. The number of aromatic nitrogens is 2. The first-order valence-corrected chi connectivity index (χ1v) is 8.78. The molecule has 1 heterocycles. The molecule has 0 aliphatic rings. The molecule has 0 radical (unpaired) electrons. The van der Waals surface area contributed by atoms with Gasteiger partial charge in [0.15, 0.2) is 0 Å². The van der Waals surface area contributed by atoms with Gasteiger partial charge in [-0.3, -0.25) is 9.69 Å². The number of halogens is 1. The number of nitrogens with one attached hydrogen (secondary N) is 1. The number of benzene rings is 2. The van der Waals surface area contributed by atoms with Gasteiger partial charge in [-0.1, -0.05) is 24.3 Å². The summed E-state index contributed by atoms with van der Waals surface area (Å²) in [5, 5.41) is 7.36. The molecule has 27 heavy (non-hydrogen) atoms. The number of likely N-dealkylation sites (N-methyl/N-ethyl adjacent to an activating group) is 1. The minimum absolute atomic E-state index is 0.186. The Kier molecular flexibility index (Phi) is 5.66. The van der Waals surface area contributed by atoms with Crippen LogP contribution in [0.4, 0.5) is 10.1 Å². The van der Waals surface area contributed by atoms with Gasteiger partial charge in [-0.05, 0) is 51.2 Å². The molecule has 3 rings (SSSR count). The molecule has 0 spiro atoms. The van der Waals surface area contributed by atoms with E-state index in [0.29, 0.717) is 12.2 Å². The summed E-state index contributed by atoms with van der Waals surface area (Å²) in [5.41, 5.74) is 4.55. The summed E-state index contributed by atoms with van der Waals surface area (Å²) in [6.45, 7) is 4.80. The van der Waals surface area contributed by atoms with E-state index in [4.69, 9.17) is 0 Å². The maximum absolute atomic E-state index is 13.2. The predicted molar refractivity (Wildman–Crippen MR) is 104 cm³/mol. The van der Waals surface area contributed by atoms with Gasteiger partial charge in [0.1, 0.15) is 5.82 Å². The number of carbonyl (C=O) groups is 1. The van der Waals surface area contributed by atoms with Crippen LogP contribution in [0.15, 0.2) is 54.6 Å². The van der Waals surface area contributed by atoms with Crippen LogP contribution in [-0.2, 0) is 11.3 Å². The zero-order valence-electron chi connectivity index (χ0n) is 15.7. The zero-order valence-corrected chi connectivity index (χ0v) is 15.7. The van der Waals surface area contributed by atoms with E-state index in [-0.39, 0.29) is 18.3 Å². The van der Waals surface area contributed by atoms with E-state index in [1.165, 1.54) is 12.1 Å². The number of carbonyl (C=O) groups excluding carboxylic acids is 1. The highest BCUT2D eigenvalue weighted by atomic mass is 19.1. The van der Waals surface area contributed by atoms with Crippen molar-refractivity contribution in [3.05, 3.63) is 77.4 Å². The minimum atomic E-state index is -0.374. The lowest BCUT2D eigenvalue weighted by Crippen LogP contribution is -2.30. The Labute approximate surface area is 158 Å². The van der Waals surface area contributed by atoms with E-state index in [9.17, 15) is 9.18 Å². The van der Waals surface area contributed by atoms with E-state index in [1.54, 1.807) is 12.1 Å². The van der Waals surface area contributed by atoms with E-state index >= 15 is 0 Å². The van der Waals surface area contributed by atoms with Gasteiger partial charge in [-0.15, -0.1) is 0 Å². The van der Waals surface area contributed by atoms with Crippen LogP contribution in [0.25, 0.3) is 5.69 Å². The molecule has 0 bridgehead atoms. The van der Waals surface area contributed by atoms with Crippen LogP contribution in [0.3, 0.4) is 0 Å². The highest BCUT2D eigenvalue weighted by Gasteiger charge is 2.16. The van der Waals surface area contributed by atoms with Crippen molar-refractivity contribution < 1.29 is 9.18 Å². The van der Waals surface area contributed by atoms with Crippen molar-refractivity contribution in [2.24, 2.45) is 0 Å². The molecule has 0 aliphatic heterocycles. The second-order valence-electron chi connectivity index (χ2n) is 6.63. The summed E-state index contributed by atoms with van der Waals surface area (Å²) >= 11 is 0. The Hall–Kier alpha value is -2.99. The number of anilines is 1. The SMILES string of the molecule is Cc1nn(-c2ccccc2)c(C)c1CN(C)CC(=O)Nc1cccc(F)c1. The topological polar surface area (TPSA) is 50.2 Å². The van der Waals surface area contributed by atoms with Gasteiger partial charge in [0.2, 0.25) is 5.91 Å². The first-order valence-electron chi connectivity index (χ1n) is 8.78. The van der Waals surface area contributed by atoms with Crippen LogP contribution in [0.5, 0.6) is 0 Å². The fraction of sp³-hybridized carbons (Fsp3) is 0.238. The third kappa shape index (κ3) is 4.60. The lowest BCUT2D eigenvalue weighted by molar-refractivity contribution is -0.117. The molecule has 1 N–H and O–H groups in total. The van der Waals surface area contributed by atoms with Crippen molar-refractivity contribution in [2.75, 3.05) is 18.9 Å². The summed E-state index contributed by atoms with van der Waals surface area (Å²) < 4.78 is 15.1. The fourth-order valence-electron chi connectivity index (χ4n) is 3.06. The molecule has 0 saturated carbocycles. The second kappa shape index (κ2) is 8.14. The van der Waals surface area contributed by atoms with Crippen LogP contribution in [0.2, 0.25) is 0 Å². The summed E-state index contributed by atoms with van der Waals surface area (Å²) in [6.07, 6.45) is 0. The van der Waals surface area contributed by atoms with E-state index in [0.717, 1.165) is 22.6 Å². The van der Waals surface area contributed by atoms with E-state index < -0.39 is 0 Å². The van der Waals surface area contributed by atoms with Gasteiger partial charge in [0, 0.05) is 23.5 Å². The van der Waals surface area contributed by atoms with Crippen molar-refractivity contribution in [2.45, 2.75) is 20.4 Å². The van der Waals surface area contributed by atoms with E-state index in [1.807, 2.05) is 60.8 Å². The fourth-order valence-corrected chi connectivity index (χ4v) is 3.06. The Bertz CT molecular complexity index is 937. The normalized spacial score (nSPS) is 11.0. The third-order valence-corrected chi connectivity index (χ3v) is 4.39. The monoisotopic (exact) mass is 366 g/mol. The van der Waals surface area contributed by atoms with Crippen LogP contribution >= 0.6 is 0 Å². The third-order valence-electron chi connectivity index (χ3n) is 4.39. The van der Waals surface area contributed by atoms with Gasteiger partial charge >= 0.3 is 0 Å². The van der Waals surface area contributed by atoms with Crippen LogP contribution in [-0.4, -0.2) is 34.2 Å². The number of hydrogen-bond donors (Lipinski definition) is 1. The quantitative estimate of drug-likeness (QED) is 0.724. The van der Waals surface area contributed by atoms with Gasteiger partial charge < -0.3 is 5.32 Å². The van der Waals surface area contributed by atoms with Crippen LogP contribution in [0.1, 0.15) is 17.0 Å². The van der Waals surface area contributed by atoms with Crippen molar-refractivity contribution in [1.82, 2.24) is 14.7 Å². The summed E-state index contributed by atoms with van der Waals surface area (Å²) in [4.78, 5) is 14.1. The van der Waals surface area contributed by atoms with Crippen molar-refractivity contribution in [3.63, 3.8) is 0 Å². The minimum Gasteiger partial charge on any atom is -0.325 e. The lowest BCUT2D eigenvalue weighted by Gasteiger charge is -2.17. The molecule has 0 atom stereocenters. The summed E-state index contributed by atoms with van der Waals surface area (Å²) in [6, 6.07) is 15.8. The van der Waals surface area contributed by atoms with Crippen molar-refractivity contribution >= 4 is 11.6 Å². The molecule has 0 fully saturated rings. The smallest absolute Gasteiger partial charge is 0.238 e. The Morgan fingerprint density at radius 3 is 2.59 bits per heavy atom. The highest BCUT2D eigenvalue weighted by molar-refractivity contribution is 5.92. The molecule has 140 valence electrons. The number of nitrogens with zero attached hydrogens (tertiary/aromatic N) is 3. The number of rotatable bonds is 6. The Morgan fingerprint density at radius 1 is 1.15 bits per heavy atom. The maximum Gasteiger partial charge on any atom is 0.238 e. The molecule has 2 aromatic carbocycles. The molecule has 0 aliphatic carbocycles.